The van der Waals surface area contributed by atoms with Crippen LogP contribution in [0, 0.1) is 83.1 Å². The van der Waals surface area contributed by atoms with E-state index in [1.54, 1.807) is 0 Å². The maximum absolute atomic E-state index is 2.48. The Morgan fingerprint density at radius 2 is 0.363 bits per heavy atom. The molecule has 124 heavy (non-hydrogen) atoms. The number of hydrogen-bond donors (Lipinski definition) is 0. The van der Waals surface area contributed by atoms with Crippen molar-refractivity contribution in [1.82, 2.24) is 0 Å². The van der Waals surface area contributed by atoms with Gasteiger partial charge in [-0.25, -0.2) is 0 Å². The highest BCUT2D eigenvalue weighted by molar-refractivity contribution is 6.17. The molecule has 0 unspecified atom stereocenters. The van der Waals surface area contributed by atoms with Gasteiger partial charge in [-0.1, -0.05) is 311 Å². The van der Waals surface area contributed by atoms with Gasteiger partial charge < -0.3 is 14.7 Å². The highest BCUT2D eigenvalue weighted by Gasteiger charge is 2.29. The molecule has 0 amide bonds. The van der Waals surface area contributed by atoms with E-state index in [-0.39, 0.29) is 0 Å². The lowest BCUT2D eigenvalue weighted by atomic mass is 9.95. The van der Waals surface area contributed by atoms with Crippen molar-refractivity contribution < 1.29 is 0 Å². The Labute approximate surface area is 733 Å². The lowest BCUT2D eigenvalue weighted by molar-refractivity contribution is 1.20. The molecule has 0 bridgehead atoms. The van der Waals surface area contributed by atoms with E-state index in [1.807, 2.05) is 0 Å². The zero-order valence-electron chi connectivity index (χ0n) is 73.2. The van der Waals surface area contributed by atoms with Gasteiger partial charge in [0.15, 0.2) is 0 Å². The summed E-state index contributed by atoms with van der Waals surface area (Å²) in [6, 6.07) is 136. The van der Waals surface area contributed by atoms with Crippen LogP contribution in [-0.4, -0.2) is 0 Å². The number of aryl methyl sites for hydroxylation is 12. The molecule has 0 saturated heterocycles. The lowest BCUT2D eigenvalue weighted by Crippen LogP contribution is -2.11. The van der Waals surface area contributed by atoms with E-state index in [1.165, 1.54) is 234 Å². The zero-order chi connectivity index (χ0) is 85.0. The second kappa shape index (κ2) is 33.6. The summed E-state index contributed by atoms with van der Waals surface area (Å²) in [6.07, 6.45) is 2.98. The lowest BCUT2D eigenvalue weighted by Gasteiger charge is -2.27. The van der Waals surface area contributed by atoms with Crippen LogP contribution in [-0.2, 0) is 19.3 Å². The van der Waals surface area contributed by atoms with Crippen LogP contribution in [0.3, 0.4) is 0 Å². The van der Waals surface area contributed by atoms with Crippen LogP contribution in [0.4, 0.5) is 51.2 Å². The van der Waals surface area contributed by atoms with Gasteiger partial charge in [-0.3, -0.25) is 0 Å². The number of rotatable bonds is 12. The number of anilines is 9. The molecular weight excluding hydrogens is 1500 g/mol. The van der Waals surface area contributed by atoms with Crippen LogP contribution in [0.2, 0.25) is 0 Å². The van der Waals surface area contributed by atoms with Crippen molar-refractivity contribution in [2.45, 2.75) is 102 Å². The van der Waals surface area contributed by atoms with Crippen molar-refractivity contribution in [3.63, 3.8) is 0 Å². The molecule has 0 fully saturated rings. The maximum atomic E-state index is 2.48. The van der Waals surface area contributed by atoms with Gasteiger partial charge in [-0.15, -0.1) is 0 Å². The van der Waals surface area contributed by atoms with E-state index < -0.39 is 0 Å². The number of fused-ring (bicyclic) bond motifs is 12. The van der Waals surface area contributed by atoms with Crippen LogP contribution < -0.4 is 14.7 Å². The summed E-state index contributed by atoms with van der Waals surface area (Å²) in [5.41, 5.74) is 56.2. The molecule has 0 saturated carbocycles. The second-order valence-corrected chi connectivity index (χ2v) is 34.9. The van der Waals surface area contributed by atoms with Gasteiger partial charge in [0.1, 0.15) is 0 Å². The second-order valence-electron chi connectivity index (χ2n) is 34.9. The highest BCUT2D eigenvalue weighted by atomic mass is 15.2. The molecule has 18 aromatic carbocycles. The van der Waals surface area contributed by atoms with Gasteiger partial charge in [0, 0.05) is 51.2 Å². The smallest absolute Gasteiger partial charge is 0.0464 e. The number of benzene rings is 18. The first-order chi connectivity index (χ1) is 60.3. The molecule has 22 rings (SSSR count). The van der Waals surface area contributed by atoms with E-state index in [0.29, 0.717) is 0 Å². The topological polar surface area (TPSA) is 9.72 Å². The first kappa shape index (κ1) is 79.4. The molecule has 4 aliphatic carbocycles. The van der Waals surface area contributed by atoms with Gasteiger partial charge in [-0.2, -0.15) is 0 Å². The van der Waals surface area contributed by atoms with Crippen LogP contribution in [0.5, 0.6) is 0 Å². The van der Waals surface area contributed by atoms with E-state index in [0.717, 1.165) is 36.3 Å². The molecule has 0 N–H and O–H groups in total. The molecule has 4 aliphatic rings. The fraction of sp³-hybridized carbons (Fsp3) is 0.124. The molecule has 3 nitrogen and oxygen atoms in total. The maximum Gasteiger partial charge on any atom is 0.0464 e. The molecule has 0 spiro atoms. The molecule has 0 aromatic heterocycles. The largest absolute Gasteiger partial charge is 0.311 e. The minimum absolute atomic E-state index is 0.992. The summed E-state index contributed by atoms with van der Waals surface area (Å²) in [4.78, 5) is 7.10. The van der Waals surface area contributed by atoms with Gasteiger partial charge in [0.05, 0.1) is 0 Å². The van der Waals surface area contributed by atoms with E-state index in [2.05, 4.69) is 468 Å². The minimum atomic E-state index is 0.992. The van der Waals surface area contributed by atoms with Gasteiger partial charge in [0.2, 0.25) is 0 Å². The summed E-state index contributed by atoms with van der Waals surface area (Å²) in [6.45, 7) is 25.9. The quantitative estimate of drug-likeness (QED) is 0.121. The summed E-state index contributed by atoms with van der Waals surface area (Å²) >= 11 is 0. The van der Waals surface area contributed by atoms with Crippen molar-refractivity contribution in [3.05, 3.63) is 470 Å². The molecule has 18 aromatic rings. The summed E-state index contributed by atoms with van der Waals surface area (Å²) in [7, 11) is 0. The van der Waals surface area contributed by atoms with Crippen LogP contribution in [0.15, 0.2) is 370 Å². The van der Waals surface area contributed by atoms with Crippen molar-refractivity contribution in [3.8, 4) is 89.0 Å². The Kier molecular flexibility index (Phi) is 21.5. The molecule has 0 radical (unpaired) electrons. The fourth-order valence-electron chi connectivity index (χ4n) is 18.9. The average Bonchev–Trinajstić information content (AvgIpc) is 1.59. The summed E-state index contributed by atoms with van der Waals surface area (Å²) < 4.78 is 0. The first-order valence-electron chi connectivity index (χ1n) is 43.8. The summed E-state index contributed by atoms with van der Waals surface area (Å²) in [5.74, 6) is 0. The third kappa shape index (κ3) is 15.9. The highest BCUT2D eigenvalue weighted by Crippen LogP contribution is 2.52. The van der Waals surface area contributed by atoms with Crippen molar-refractivity contribution in [2.24, 2.45) is 0 Å². The molecule has 3 heteroatoms. The first-order valence-corrected chi connectivity index (χ1v) is 43.8. The van der Waals surface area contributed by atoms with Crippen molar-refractivity contribution in [1.29, 1.82) is 0 Å². The van der Waals surface area contributed by atoms with Crippen molar-refractivity contribution >= 4 is 62.0 Å². The molecular formula is C121H103N3. The van der Waals surface area contributed by atoms with E-state index >= 15 is 0 Å². The van der Waals surface area contributed by atoms with Crippen LogP contribution >= 0.6 is 0 Å². The fourth-order valence-corrected chi connectivity index (χ4v) is 18.9. The predicted octanol–water partition coefficient (Wildman–Crippen LogP) is 33.4. The van der Waals surface area contributed by atoms with E-state index in [4.69, 9.17) is 0 Å². The summed E-state index contributed by atoms with van der Waals surface area (Å²) in [5, 5.41) is 2.83. The molecule has 0 aliphatic heterocycles. The normalized spacial score (nSPS) is 11.8. The Morgan fingerprint density at radius 3 is 0.653 bits per heavy atom. The van der Waals surface area contributed by atoms with Crippen LogP contribution in [0.1, 0.15) is 100 Å². The van der Waals surface area contributed by atoms with Crippen molar-refractivity contribution in [2.75, 3.05) is 14.7 Å². The van der Waals surface area contributed by atoms with E-state index in [9.17, 15) is 0 Å². The monoisotopic (exact) mass is 1600 g/mol. The molecule has 0 atom stereocenters. The van der Waals surface area contributed by atoms with Gasteiger partial charge >= 0.3 is 0 Å². The standard InChI is InChI=1S/C42H33N.C39H33N.C21H21N.C19H16/c1-25-4-10-37-28(16-25)19-31-22-34(7-13-40(31)37)43(35-8-14-41-32(23-35)20-29-17-26(2)5-11-38(29)41)36-9-15-42-33(24-36)21-30-18-27(3)6-12-39(30)42;1-28-4-10-31(11-5-28)34-16-22-37(23-17-34)40(38-24-18-35(19-25-38)32-12-6-29(2)7-13-32)39-26-20-36(21-27-39)33-14-8-30(3)9-15-33;1-16-4-10-19(11-5-16)22(20-12-6-17(2)7-13-20)21-14-8-18(3)9-15-21;1-11-9-10-16-18-13(3)8-7-12(2)17(18)15-6-4-5-14(11)19(15)16/h4-18,22-24H,19-21H2,1-3H3;4-27H,1-3H3;4-15H,1-3H3;4-10H,1-3H3. The predicted molar refractivity (Wildman–Crippen MR) is 530 cm³/mol. The Morgan fingerprint density at radius 1 is 0.161 bits per heavy atom. The average molecular weight is 1600 g/mol. The van der Waals surface area contributed by atoms with Gasteiger partial charge in [-0.05, 0) is 361 Å². The SMILES string of the molecule is Cc1ccc(-c2ccc(N(c3ccc(-c4ccc(C)cc4)cc3)c3ccc(-c4ccc(C)cc4)cc3)cc2)cc1.Cc1ccc(C)c2c1-c1cccc3c(C)ccc-2c13.Cc1ccc(N(c2ccc(C)cc2)c2ccc(C)cc2)cc1.Cc1ccc2c(c1)Cc1cc(N(c3ccc4c(c3)Cc3cc(C)ccc3-4)c3ccc4c(c3)Cc3cc(C)ccc3-4)ccc1-2. The Hall–Kier alpha value is -14.4. The Balaban J connectivity index is 0.000000114. The van der Waals surface area contributed by atoms with Gasteiger partial charge in [0.25, 0.3) is 0 Å². The minimum Gasteiger partial charge on any atom is -0.311 e. The zero-order valence-corrected chi connectivity index (χ0v) is 73.2. The Bertz CT molecular complexity index is 6450. The van der Waals surface area contributed by atoms with Crippen LogP contribution in [0.25, 0.3) is 99.8 Å². The molecule has 602 valence electrons. The molecule has 0 heterocycles. The third-order valence-corrected chi connectivity index (χ3v) is 25.7. The third-order valence-electron chi connectivity index (χ3n) is 25.7. The number of nitrogens with zero attached hydrogens (tertiary/aromatic N) is 3. The number of hydrogen-bond acceptors (Lipinski definition) is 3.